The van der Waals surface area contributed by atoms with E-state index in [0.29, 0.717) is 11.9 Å². The van der Waals surface area contributed by atoms with Crippen LogP contribution >= 0.6 is 0 Å². The van der Waals surface area contributed by atoms with Crippen molar-refractivity contribution in [3.8, 4) is 11.6 Å². The fourth-order valence-electron chi connectivity index (χ4n) is 2.11. The Bertz CT molecular complexity index is 522. The lowest BCUT2D eigenvalue weighted by atomic mass is 10.0. The molecule has 19 heavy (non-hydrogen) atoms. The van der Waals surface area contributed by atoms with Crippen LogP contribution in [0.5, 0.6) is 11.6 Å². The Hall–Kier alpha value is -1.81. The smallest absolute Gasteiger partial charge is 0.238 e. The lowest BCUT2D eigenvalue weighted by molar-refractivity contribution is 0.458. The van der Waals surface area contributed by atoms with E-state index in [4.69, 9.17) is 4.74 Å². The molecule has 0 saturated carbocycles. The second-order valence-electron chi connectivity index (χ2n) is 4.58. The van der Waals surface area contributed by atoms with Gasteiger partial charge in [0, 0.05) is 17.8 Å². The van der Waals surface area contributed by atoms with Gasteiger partial charge in [-0.3, -0.25) is 5.10 Å². The van der Waals surface area contributed by atoms with Crippen molar-refractivity contribution in [2.75, 3.05) is 6.54 Å². The third-order valence-corrected chi connectivity index (χ3v) is 3.02. The average molecular weight is 259 g/mol. The minimum absolute atomic E-state index is 0.370. The summed E-state index contributed by atoms with van der Waals surface area (Å²) < 4.78 is 5.74. The Kier molecular flexibility index (Phi) is 4.58. The molecule has 0 radical (unpaired) electrons. The van der Waals surface area contributed by atoms with Gasteiger partial charge < -0.3 is 10.1 Å². The molecule has 2 rings (SSSR count). The average Bonchev–Trinajstić information content (AvgIpc) is 2.81. The normalized spacial score (nSPS) is 12.4. The molecule has 0 bridgehead atoms. The van der Waals surface area contributed by atoms with Gasteiger partial charge >= 0.3 is 0 Å². The topological polar surface area (TPSA) is 49.9 Å². The second-order valence-corrected chi connectivity index (χ2v) is 4.58. The highest BCUT2D eigenvalue weighted by molar-refractivity contribution is 5.33. The summed E-state index contributed by atoms with van der Waals surface area (Å²) in [6.07, 6.45) is 1.05. The molecule has 1 atom stereocenters. The van der Waals surface area contributed by atoms with Crippen LogP contribution in [0.4, 0.5) is 0 Å². The summed E-state index contributed by atoms with van der Waals surface area (Å²) in [6, 6.07) is 10.4. The van der Waals surface area contributed by atoms with Gasteiger partial charge in [0.05, 0.1) is 0 Å². The van der Waals surface area contributed by atoms with E-state index in [9.17, 15) is 0 Å². The Balaban J connectivity index is 2.14. The number of nitrogens with zero attached hydrogens (tertiary/aromatic N) is 1. The first-order valence-electron chi connectivity index (χ1n) is 6.76. The molecule has 0 aliphatic heterocycles. The van der Waals surface area contributed by atoms with Gasteiger partial charge in [-0.05, 0) is 37.6 Å². The van der Waals surface area contributed by atoms with Crippen molar-refractivity contribution < 1.29 is 4.74 Å². The number of benzene rings is 1. The van der Waals surface area contributed by atoms with Crippen LogP contribution in [-0.4, -0.2) is 16.7 Å². The highest BCUT2D eigenvalue weighted by Gasteiger charge is 2.09. The van der Waals surface area contributed by atoms with Crippen LogP contribution < -0.4 is 10.1 Å². The molecule has 2 N–H and O–H groups in total. The maximum Gasteiger partial charge on any atom is 0.238 e. The predicted molar refractivity (Wildman–Crippen MR) is 76.5 cm³/mol. The van der Waals surface area contributed by atoms with Crippen molar-refractivity contribution in [1.82, 2.24) is 15.5 Å². The van der Waals surface area contributed by atoms with Crippen molar-refractivity contribution in [2.45, 2.75) is 33.2 Å². The molecule has 2 aromatic rings. The second kappa shape index (κ2) is 6.38. The van der Waals surface area contributed by atoms with E-state index in [1.165, 1.54) is 5.56 Å². The lowest BCUT2D eigenvalue weighted by Crippen LogP contribution is -2.19. The first kappa shape index (κ1) is 13.6. The minimum atomic E-state index is 0.370. The van der Waals surface area contributed by atoms with Crippen molar-refractivity contribution in [2.24, 2.45) is 0 Å². The monoisotopic (exact) mass is 259 g/mol. The first-order valence-corrected chi connectivity index (χ1v) is 6.76. The minimum Gasteiger partial charge on any atom is -0.438 e. The molecule has 4 heteroatoms. The molecule has 0 fully saturated rings. The Morgan fingerprint density at radius 3 is 2.79 bits per heavy atom. The van der Waals surface area contributed by atoms with Crippen LogP contribution in [0.1, 0.15) is 37.6 Å². The molecule has 1 aromatic heterocycles. The number of hydrogen-bond acceptors (Lipinski definition) is 3. The van der Waals surface area contributed by atoms with Crippen molar-refractivity contribution in [1.29, 1.82) is 0 Å². The standard InChI is InChI=1S/C15H21N3O/c1-4-14(16-5-2)12-7-6-8-13(10-12)19-15-9-11(3)17-18-15/h6-10,14,16H,4-5H2,1-3H3,(H,17,18). The van der Waals surface area contributed by atoms with Crippen LogP contribution in [0.2, 0.25) is 0 Å². The summed E-state index contributed by atoms with van der Waals surface area (Å²) >= 11 is 0. The first-order chi connectivity index (χ1) is 9.22. The summed E-state index contributed by atoms with van der Waals surface area (Å²) in [5.74, 6) is 1.42. The van der Waals surface area contributed by atoms with E-state index in [2.05, 4.69) is 41.5 Å². The molecule has 0 aliphatic rings. The van der Waals surface area contributed by atoms with Crippen LogP contribution in [0.15, 0.2) is 30.3 Å². The number of nitrogens with one attached hydrogen (secondary N) is 2. The summed E-state index contributed by atoms with van der Waals surface area (Å²) in [4.78, 5) is 0. The van der Waals surface area contributed by atoms with Gasteiger partial charge in [0.2, 0.25) is 5.88 Å². The fourth-order valence-corrected chi connectivity index (χ4v) is 2.11. The molecule has 4 nitrogen and oxygen atoms in total. The molecule has 0 amide bonds. The van der Waals surface area contributed by atoms with Crippen molar-refractivity contribution in [3.63, 3.8) is 0 Å². The zero-order chi connectivity index (χ0) is 13.7. The largest absolute Gasteiger partial charge is 0.438 e. The summed E-state index contributed by atoms with van der Waals surface area (Å²) in [6.45, 7) is 7.21. The SMILES string of the molecule is CCNC(CC)c1cccc(Oc2cc(C)[nH]n2)c1. The molecule has 1 unspecified atom stereocenters. The maximum absolute atomic E-state index is 5.74. The predicted octanol–water partition coefficient (Wildman–Crippen LogP) is 3.57. The van der Waals surface area contributed by atoms with Gasteiger partial charge in [0.1, 0.15) is 5.75 Å². The van der Waals surface area contributed by atoms with E-state index in [0.717, 1.165) is 24.4 Å². The number of ether oxygens (including phenoxy) is 1. The highest BCUT2D eigenvalue weighted by atomic mass is 16.5. The number of aromatic amines is 1. The third-order valence-electron chi connectivity index (χ3n) is 3.02. The number of hydrogen-bond donors (Lipinski definition) is 2. The van der Waals surface area contributed by atoms with Crippen molar-refractivity contribution >= 4 is 0 Å². The Morgan fingerprint density at radius 2 is 2.16 bits per heavy atom. The van der Waals surface area contributed by atoms with Gasteiger partial charge in [0.25, 0.3) is 0 Å². The molecule has 0 saturated heterocycles. The summed E-state index contributed by atoms with van der Waals surface area (Å²) in [7, 11) is 0. The molecular formula is C15H21N3O. The molecular weight excluding hydrogens is 238 g/mol. The van der Waals surface area contributed by atoms with Crippen LogP contribution in [0.25, 0.3) is 0 Å². The maximum atomic E-state index is 5.74. The van der Waals surface area contributed by atoms with Gasteiger partial charge in [-0.15, -0.1) is 5.10 Å². The van der Waals surface area contributed by atoms with Gasteiger partial charge in [-0.2, -0.15) is 0 Å². The number of aryl methyl sites for hydroxylation is 1. The van der Waals surface area contributed by atoms with E-state index in [-0.39, 0.29) is 0 Å². The lowest BCUT2D eigenvalue weighted by Gasteiger charge is -2.16. The number of rotatable bonds is 6. The van der Waals surface area contributed by atoms with E-state index < -0.39 is 0 Å². The van der Waals surface area contributed by atoms with Crippen molar-refractivity contribution in [3.05, 3.63) is 41.6 Å². The van der Waals surface area contributed by atoms with E-state index in [1.807, 2.05) is 25.1 Å². The van der Waals surface area contributed by atoms with Crippen LogP contribution in [0, 0.1) is 6.92 Å². The zero-order valence-electron chi connectivity index (χ0n) is 11.7. The molecule has 0 spiro atoms. The van der Waals surface area contributed by atoms with Crippen LogP contribution in [0.3, 0.4) is 0 Å². The van der Waals surface area contributed by atoms with E-state index >= 15 is 0 Å². The zero-order valence-corrected chi connectivity index (χ0v) is 11.7. The fraction of sp³-hybridized carbons (Fsp3) is 0.400. The highest BCUT2D eigenvalue weighted by Crippen LogP contribution is 2.25. The summed E-state index contributed by atoms with van der Waals surface area (Å²) in [5.41, 5.74) is 2.24. The molecule has 1 heterocycles. The molecule has 0 aliphatic carbocycles. The third kappa shape index (κ3) is 3.58. The molecule has 102 valence electrons. The molecule has 1 aromatic carbocycles. The van der Waals surface area contributed by atoms with Gasteiger partial charge in [0.15, 0.2) is 0 Å². The number of aromatic nitrogens is 2. The Morgan fingerprint density at radius 1 is 1.32 bits per heavy atom. The van der Waals surface area contributed by atoms with Crippen LogP contribution in [-0.2, 0) is 0 Å². The summed E-state index contributed by atoms with van der Waals surface area (Å²) in [5, 5.41) is 10.4. The van der Waals surface area contributed by atoms with Gasteiger partial charge in [-0.25, -0.2) is 0 Å². The number of H-pyrrole nitrogens is 1. The van der Waals surface area contributed by atoms with E-state index in [1.54, 1.807) is 0 Å². The quantitative estimate of drug-likeness (QED) is 0.833. The van der Waals surface area contributed by atoms with Gasteiger partial charge in [-0.1, -0.05) is 26.0 Å². The Labute approximate surface area is 114 Å².